The topological polar surface area (TPSA) is 21.3 Å². The third-order valence-electron chi connectivity index (χ3n) is 3.27. The highest BCUT2D eigenvalue weighted by molar-refractivity contribution is 5.41. The van der Waals surface area contributed by atoms with Crippen LogP contribution < -0.4 is 10.1 Å². The second-order valence-electron chi connectivity index (χ2n) is 4.47. The van der Waals surface area contributed by atoms with Gasteiger partial charge in [0.05, 0.1) is 13.2 Å². The fourth-order valence-electron chi connectivity index (χ4n) is 2.23. The molecule has 1 atom stereocenters. The Bertz CT molecular complexity index is 568. The third kappa shape index (κ3) is 2.76. The van der Waals surface area contributed by atoms with Gasteiger partial charge >= 0.3 is 0 Å². The highest BCUT2D eigenvalue weighted by Gasteiger charge is 2.16. The number of ether oxygens (including phenoxy) is 1. The molecule has 0 spiro atoms. The van der Waals surface area contributed by atoms with E-state index in [0.717, 1.165) is 16.9 Å². The molecule has 0 aromatic heterocycles. The molecule has 2 nitrogen and oxygen atoms in total. The average Bonchev–Trinajstić information content (AvgIpc) is 2.43. The first kappa shape index (κ1) is 13.6. The van der Waals surface area contributed by atoms with E-state index in [1.807, 2.05) is 38.2 Å². The molecule has 0 radical (unpaired) electrons. The van der Waals surface area contributed by atoms with Crippen molar-refractivity contribution in [3.8, 4) is 5.75 Å². The zero-order valence-corrected chi connectivity index (χ0v) is 11.4. The highest BCUT2D eigenvalue weighted by Crippen LogP contribution is 2.28. The molecule has 1 unspecified atom stereocenters. The van der Waals surface area contributed by atoms with E-state index in [9.17, 15) is 4.39 Å². The number of nitrogens with one attached hydrogen (secondary N) is 1. The van der Waals surface area contributed by atoms with Crippen molar-refractivity contribution in [1.82, 2.24) is 5.32 Å². The summed E-state index contributed by atoms with van der Waals surface area (Å²) in [6.07, 6.45) is 0. The van der Waals surface area contributed by atoms with Gasteiger partial charge in [0.25, 0.3) is 0 Å². The Morgan fingerprint density at radius 1 is 1.16 bits per heavy atom. The summed E-state index contributed by atoms with van der Waals surface area (Å²) in [7, 11) is 3.47. The molecule has 2 aromatic rings. The lowest BCUT2D eigenvalue weighted by molar-refractivity contribution is 0.410. The van der Waals surface area contributed by atoms with Crippen molar-refractivity contribution in [1.29, 1.82) is 0 Å². The summed E-state index contributed by atoms with van der Waals surface area (Å²) >= 11 is 0. The quantitative estimate of drug-likeness (QED) is 0.908. The van der Waals surface area contributed by atoms with Crippen LogP contribution in [-0.4, -0.2) is 14.2 Å². The number of hydrogen-bond donors (Lipinski definition) is 1. The van der Waals surface area contributed by atoms with E-state index in [0.29, 0.717) is 5.56 Å². The van der Waals surface area contributed by atoms with Crippen molar-refractivity contribution < 1.29 is 9.13 Å². The standard InChI is InChI=1S/C16H18FNO/c1-11-8-9-12(10-15(11)19-3)16(18-2)13-6-4-5-7-14(13)17/h4-10,16,18H,1-3H3. The fraction of sp³-hybridized carbons (Fsp3) is 0.250. The van der Waals surface area contributed by atoms with Crippen LogP contribution in [0.2, 0.25) is 0 Å². The van der Waals surface area contributed by atoms with Gasteiger partial charge < -0.3 is 10.1 Å². The number of benzene rings is 2. The normalized spacial score (nSPS) is 12.2. The van der Waals surface area contributed by atoms with E-state index in [1.54, 1.807) is 19.2 Å². The molecule has 0 bridgehead atoms. The Balaban J connectivity index is 2.45. The number of methoxy groups -OCH3 is 1. The van der Waals surface area contributed by atoms with E-state index >= 15 is 0 Å². The maximum atomic E-state index is 13.9. The van der Waals surface area contributed by atoms with Crippen LogP contribution in [-0.2, 0) is 0 Å². The molecule has 0 saturated carbocycles. The first-order valence-electron chi connectivity index (χ1n) is 6.23. The minimum absolute atomic E-state index is 0.185. The fourth-order valence-corrected chi connectivity index (χ4v) is 2.23. The molecule has 0 aliphatic carbocycles. The molecule has 2 aromatic carbocycles. The van der Waals surface area contributed by atoms with Gasteiger partial charge in [-0.05, 0) is 37.2 Å². The maximum Gasteiger partial charge on any atom is 0.128 e. The van der Waals surface area contributed by atoms with E-state index in [1.165, 1.54) is 6.07 Å². The maximum absolute atomic E-state index is 13.9. The van der Waals surface area contributed by atoms with Crippen LogP contribution >= 0.6 is 0 Å². The predicted octanol–water partition coefficient (Wildman–Crippen LogP) is 3.45. The van der Waals surface area contributed by atoms with Gasteiger partial charge in [-0.15, -0.1) is 0 Å². The average molecular weight is 259 g/mol. The molecule has 0 saturated heterocycles. The second-order valence-corrected chi connectivity index (χ2v) is 4.47. The van der Waals surface area contributed by atoms with Crippen molar-refractivity contribution in [3.05, 3.63) is 65.0 Å². The Kier molecular flexibility index (Phi) is 4.17. The molecule has 1 N–H and O–H groups in total. The number of aryl methyl sites for hydroxylation is 1. The molecular formula is C16H18FNO. The zero-order chi connectivity index (χ0) is 13.8. The molecule has 19 heavy (non-hydrogen) atoms. The van der Waals surface area contributed by atoms with Gasteiger partial charge in [0.2, 0.25) is 0 Å². The van der Waals surface area contributed by atoms with Crippen LogP contribution in [0.15, 0.2) is 42.5 Å². The van der Waals surface area contributed by atoms with Crippen molar-refractivity contribution in [3.63, 3.8) is 0 Å². The number of rotatable bonds is 4. The van der Waals surface area contributed by atoms with Crippen LogP contribution in [0.1, 0.15) is 22.7 Å². The summed E-state index contributed by atoms with van der Waals surface area (Å²) in [5.41, 5.74) is 2.68. The van der Waals surface area contributed by atoms with Crippen LogP contribution in [0.4, 0.5) is 4.39 Å². The van der Waals surface area contributed by atoms with Crippen molar-refractivity contribution in [2.75, 3.05) is 14.2 Å². The summed E-state index contributed by atoms with van der Waals surface area (Å²) in [5.74, 6) is 0.607. The van der Waals surface area contributed by atoms with E-state index < -0.39 is 0 Å². The van der Waals surface area contributed by atoms with Gasteiger partial charge in [0.1, 0.15) is 11.6 Å². The SMILES string of the molecule is CNC(c1ccc(C)c(OC)c1)c1ccccc1F. The highest BCUT2D eigenvalue weighted by atomic mass is 19.1. The Hall–Kier alpha value is -1.87. The van der Waals surface area contributed by atoms with Crippen molar-refractivity contribution >= 4 is 0 Å². The molecule has 0 fully saturated rings. The zero-order valence-electron chi connectivity index (χ0n) is 11.4. The minimum Gasteiger partial charge on any atom is -0.496 e. The smallest absolute Gasteiger partial charge is 0.128 e. The molecule has 2 rings (SSSR count). The summed E-state index contributed by atoms with van der Waals surface area (Å²) in [5, 5.41) is 3.15. The second kappa shape index (κ2) is 5.85. The molecule has 0 aliphatic heterocycles. The van der Waals surface area contributed by atoms with E-state index in [4.69, 9.17) is 4.74 Å². The summed E-state index contributed by atoms with van der Waals surface area (Å²) in [6.45, 7) is 1.99. The first-order chi connectivity index (χ1) is 9.17. The largest absolute Gasteiger partial charge is 0.496 e. The third-order valence-corrected chi connectivity index (χ3v) is 3.27. The van der Waals surface area contributed by atoms with Crippen LogP contribution in [0.3, 0.4) is 0 Å². The van der Waals surface area contributed by atoms with Gasteiger partial charge in [0, 0.05) is 5.56 Å². The van der Waals surface area contributed by atoms with Gasteiger partial charge in [-0.3, -0.25) is 0 Å². The Labute approximate surface area is 113 Å². The molecular weight excluding hydrogens is 241 g/mol. The van der Waals surface area contributed by atoms with Crippen molar-refractivity contribution in [2.45, 2.75) is 13.0 Å². The Morgan fingerprint density at radius 3 is 2.53 bits per heavy atom. The van der Waals surface area contributed by atoms with Crippen LogP contribution in [0.5, 0.6) is 5.75 Å². The molecule has 3 heteroatoms. The van der Waals surface area contributed by atoms with Gasteiger partial charge in [-0.1, -0.05) is 30.3 Å². The molecule has 0 heterocycles. The molecule has 0 amide bonds. The molecule has 0 aliphatic rings. The van der Waals surface area contributed by atoms with Crippen LogP contribution in [0.25, 0.3) is 0 Å². The predicted molar refractivity (Wildman–Crippen MR) is 75.0 cm³/mol. The lowest BCUT2D eigenvalue weighted by Gasteiger charge is -2.19. The van der Waals surface area contributed by atoms with E-state index in [2.05, 4.69) is 5.32 Å². The first-order valence-corrected chi connectivity index (χ1v) is 6.23. The monoisotopic (exact) mass is 259 g/mol. The molecule has 100 valence electrons. The lowest BCUT2D eigenvalue weighted by atomic mass is 9.97. The number of halogens is 1. The van der Waals surface area contributed by atoms with Crippen LogP contribution in [0, 0.1) is 12.7 Å². The summed E-state index contributed by atoms with van der Waals surface area (Å²) < 4.78 is 19.2. The Morgan fingerprint density at radius 2 is 1.89 bits per heavy atom. The minimum atomic E-state index is -0.207. The number of hydrogen-bond acceptors (Lipinski definition) is 2. The van der Waals surface area contributed by atoms with Crippen molar-refractivity contribution in [2.24, 2.45) is 0 Å². The summed E-state index contributed by atoms with van der Waals surface area (Å²) in [4.78, 5) is 0. The van der Waals surface area contributed by atoms with Gasteiger partial charge in [-0.25, -0.2) is 4.39 Å². The summed E-state index contributed by atoms with van der Waals surface area (Å²) in [6, 6.07) is 12.5. The van der Waals surface area contributed by atoms with Gasteiger partial charge in [0.15, 0.2) is 0 Å². The lowest BCUT2D eigenvalue weighted by Crippen LogP contribution is -2.19. The van der Waals surface area contributed by atoms with Gasteiger partial charge in [-0.2, -0.15) is 0 Å². The van der Waals surface area contributed by atoms with E-state index in [-0.39, 0.29) is 11.9 Å².